The molecule has 1 atom stereocenters. The first-order valence-corrected chi connectivity index (χ1v) is 6.75. The fraction of sp³-hybridized carbons (Fsp3) is 0.923. The number of carboxylic acids is 1. The maximum Gasteiger partial charge on any atom is 0.323 e. The third-order valence-electron chi connectivity index (χ3n) is 4.08. The van der Waals surface area contributed by atoms with Crippen LogP contribution < -0.4 is 0 Å². The summed E-state index contributed by atoms with van der Waals surface area (Å²) in [5.41, 5.74) is -0.647. The molecule has 17 heavy (non-hydrogen) atoms. The molecular formula is C13H26N2O2. The van der Waals surface area contributed by atoms with Gasteiger partial charge in [0.2, 0.25) is 0 Å². The predicted octanol–water partition coefficient (Wildman–Crippen LogP) is 1.66. The predicted molar refractivity (Wildman–Crippen MR) is 69.3 cm³/mol. The lowest BCUT2D eigenvalue weighted by molar-refractivity contribution is -0.153. The first-order valence-electron chi connectivity index (χ1n) is 6.75. The Hall–Kier alpha value is -0.610. The van der Waals surface area contributed by atoms with E-state index in [4.69, 9.17) is 0 Å². The number of nitrogens with zero attached hydrogens (tertiary/aromatic N) is 2. The molecule has 1 fully saturated rings. The Morgan fingerprint density at radius 2 is 2.00 bits per heavy atom. The Labute approximate surface area is 105 Å². The van der Waals surface area contributed by atoms with Crippen LogP contribution in [0.3, 0.4) is 0 Å². The van der Waals surface area contributed by atoms with E-state index in [2.05, 4.69) is 23.6 Å². The molecule has 0 aromatic heterocycles. The van der Waals surface area contributed by atoms with Crippen molar-refractivity contribution in [2.24, 2.45) is 0 Å². The Balaban J connectivity index is 2.57. The number of hydrogen-bond donors (Lipinski definition) is 1. The second kappa shape index (κ2) is 6.36. The van der Waals surface area contributed by atoms with E-state index < -0.39 is 11.5 Å². The van der Waals surface area contributed by atoms with Gasteiger partial charge < -0.3 is 10.0 Å². The minimum Gasteiger partial charge on any atom is -0.480 e. The van der Waals surface area contributed by atoms with Crippen LogP contribution in [0.4, 0.5) is 0 Å². The number of aliphatic carboxylic acids is 1. The van der Waals surface area contributed by atoms with Gasteiger partial charge in [-0.1, -0.05) is 13.8 Å². The van der Waals surface area contributed by atoms with Crippen molar-refractivity contribution in [2.45, 2.75) is 45.6 Å². The average Bonchev–Trinajstić information content (AvgIpc) is 2.32. The Morgan fingerprint density at radius 3 is 2.53 bits per heavy atom. The Kier molecular flexibility index (Phi) is 5.40. The molecule has 1 aliphatic heterocycles. The minimum absolute atomic E-state index is 0.647. The van der Waals surface area contributed by atoms with E-state index in [9.17, 15) is 9.90 Å². The van der Waals surface area contributed by atoms with E-state index in [1.54, 1.807) is 0 Å². The van der Waals surface area contributed by atoms with Gasteiger partial charge in [0, 0.05) is 13.1 Å². The molecule has 4 nitrogen and oxygen atoms in total. The summed E-state index contributed by atoms with van der Waals surface area (Å²) in [5, 5.41) is 9.39. The van der Waals surface area contributed by atoms with E-state index in [-0.39, 0.29) is 0 Å². The smallest absolute Gasteiger partial charge is 0.323 e. The van der Waals surface area contributed by atoms with Crippen LogP contribution in [0.25, 0.3) is 0 Å². The van der Waals surface area contributed by atoms with Gasteiger partial charge in [-0.25, -0.2) is 0 Å². The lowest BCUT2D eigenvalue weighted by Crippen LogP contribution is -2.56. The average molecular weight is 242 g/mol. The van der Waals surface area contributed by atoms with Crippen molar-refractivity contribution in [3.8, 4) is 0 Å². The highest BCUT2D eigenvalue weighted by molar-refractivity contribution is 5.78. The van der Waals surface area contributed by atoms with Crippen molar-refractivity contribution in [3.05, 3.63) is 0 Å². The number of carbonyl (C=O) groups is 1. The molecule has 1 unspecified atom stereocenters. The molecule has 4 heteroatoms. The molecule has 1 rings (SSSR count). The minimum atomic E-state index is -0.670. The Bertz CT molecular complexity index is 254. The number of piperidine rings is 1. The lowest BCUT2D eigenvalue weighted by Gasteiger charge is -2.42. The first kappa shape index (κ1) is 14.5. The van der Waals surface area contributed by atoms with Crippen molar-refractivity contribution in [1.82, 2.24) is 9.80 Å². The van der Waals surface area contributed by atoms with Gasteiger partial charge in [0.15, 0.2) is 0 Å². The summed E-state index contributed by atoms with van der Waals surface area (Å²) in [5.74, 6) is -0.670. The van der Waals surface area contributed by atoms with E-state index >= 15 is 0 Å². The summed E-state index contributed by atoms with van der Waals surface area (Å²) in [4.78, 5) is 15.9. The summed E-state index contributed by atoms with van der Waals surface area (Å²) >= 11 is 0. The second-order valence-corrected chi connectivity index (χ2v) is 5.05. The van der Waals surface area contributed by atoms with Gasteiger partial charge in [0.25, 0.3) is 0 Å². The van der Waals surface area contributed by atoms with Crippen LogP contribution >= 0.6 is 0 Å². The van der Waals surface area contributed by atoms with Crippen LogP contribution in [-0.4, -0.2) is 59.1 Å². The molecule has 1 N–H and O–H groups in total. The van der Waals surface area contributed by atoms with Gasteiger partial charge in [0.1, 0.15) is 5.54 Å². The van der Waals surface area contributed by atoms with Crippen molar-refractivity contribution in [3.63, 3.8) is 0 Å². The third-order valence-corrected chi connectivity index (χ3v) is 4.08. The van der Waals surface area contributed by atoms with Crippen LogP contribution in [0.5, 0.6) is 0 Å². The van der Waals surface area contributed by atoms with E-state index in [1.807, 2.05) is 6.92 Å². The molecule has 0 aromatic rings. The molecule has 0 aliphatic carbocycles. The third kappa shape index (κ3) is 3.42. The van der Waals surface area contributed by atoms with Gasteiger partial charge in [-0.15, -0.1) is 0 Å². The Morgan fingerprint density at radius 1 is 1.35 bits per heavy atom. The zero-order valence-corrected chi connectivity index (χ0v) is 11.4. The van der Waals surface area contributed by atoms with Crippen molar-refractivity contribution in [1.29, 1.82) is 0 Å². The topological polar surface area (TPSA) is 43.8 Å². The van der Waals surface area contributed by atoms with Gasteiger partial charge in [-0.05, 0) is 45.8 Å². The molecule has 1 aliphatic rings. The quantitative estimate of drug-likeness (QED) is 0.769. The maximum absolute atomic E-state index is 11.4. The fourth-order valence-corrected chi connectivity index (χ4v) is 2.58. The molecule has 1 saturated heterocycles. The maximum atomic E-state index is 11.4. The van der Waals surface area contributed by atoms with E-state index in [0.717, 1.165) is 52.0 Å². The first-order chi connectivity index (χ1) is 8.04. The summed E-state index contributed by atoms with van der Waals surface area (Å²) in [7, 11) is 0. The van der Waals surface area contributed by atoms with Gasteiger partial charge in [-0.3, -0.25) is 9.69 Å². The van der Waals surface area contributed by atoms with Gasteiger partial charge >= 0.3 is 5.97 Å². The second-order valence-electron chi connectivity index (χ2n) is 5.05. The van der Waals surface area contributed by atoms with E-state index in [1.165, 1.54) is 0 Å². The van der Waals surface area contributed by atoms with Crippen LogP contribution in [0.2, 0.25) is 0 Å². The van der Waals surface area contributed by atoms with Crippen molar-refractivity contribution >= 4 is 5.97 Å². The SMILES string of the molecule is CCN(CC)CCN1CCCCC1(C)C(=O)O. The highest BCUT2D eigenvalue weighted by Crippen LogP contribution is 2.27. The molecule has 100 valence electrons. The monoisotopic (exact) mass is 242 g/mol. The summed E-state index contributed by atoms with van der Waals surface area (Å²) in [6, 6.07) is 0. The summed E-state index contributed by atoms with van der Waals surface area (Å²) in [6.07, 6.45) is 2.94. The van der Waals surface area contributed by atoms with Crippen LogP contribution in [-0.2, 0) is 4.79 Å². The highest BCUT2D eigenvalue weighted by Gasteiger charge is 2.40. The number of carboxylic acid groups (broad SMARTS) is 1. The summed E-state index contributed by atoms with van der Waals surface area (Å²) in [6.45, 7) is 11.0. The molecule has 0 bridgehead atoms. The molecule has 0 spiro atoms. The highest BCUT2D eigenvalue weighted by atomic mass is 16.4. The van der Waals surface area contributed by atoms with Gasteiger partial charge in [-0.2, -0.15) is 0 Å². The normalized spacial score (nSPS) is 26.4. The van der Waals surface area contributed by atoms with Crippen LogP contribution in [0, 0.1) is 0 Å². The molecule has 0 amide bonds. The van der Waals surface area contributed by atoms with Crippen molar-refractivity contribution < 1.29 is 9.90 Å². The van der Waals surface area contributed by atoms with Crippen LogP contribution in [0.15, 0.2) is 0 Å². The van der Waals surface area contributed by atoms with Crippen molar-refractivity contribution in [2.75, 3.05) is 32.7 Å². The number of rotatable bonds is 6. The fourth-order valence-electron chi connectivity index (χ4n) is 2.58. The zero-order chi connectivity index (χ0) is 12.9. The standard InChI is InChI=1S/C13H26N2O2/c1-4-14(5-2)10-11-15-9-7-6-8-13(15,3)12(16)17/h4-11H2,1-3H3,(H,16,17). The lowest BCUT2D eigenvalue weighted by atomic mass is 9.88. The molecule has 1 heterocycles. The zero-order valence-electron chi connectivity index (χ0n) is 11.4. The molecule has 0 radical (unpaired) electrons. The molecule has 0 saturated carbocycles. The largest absolute Gasteiger partial charge is 0.480 e. The number of likely N-dealkylation sites (tertiary alicyclic amines) is 1. The molecular weight excluding hydrogens is 216 g/mol. The molecule has 0 aromatic carbocycles. The van der Waals surface area contributed by atoms with Gasteiger partial charge in [0.05, 0.1) is 0 Å². The van der Waals surface area contributed by atoms with E-state index in [0.29, 0.717) is 0 Å². The number of hydrogen-bond acceptors (Lipinski definition) is 3. The number of likely N-dealkylation sites (N-methyl/N-ethyl adjacent to an activating group) is 1. The van der Waals surface area contributed by atoms with Crippen LogP contribution in [0.1, 0.15) is 40.0 Å². The summed E-state index contributed by atoms with van der Waals surface area (Å²) < 4.78 is 0.